The van der Waals surface area contributed by atoms with Crippen LogP contribution in [-0.4, -0.2) is 33.9 Å². The van der Waals surface area contributed by atoms with Crippen LogP contribution in [0.3, 0.4) is 0 Å². The predicted octanol–water partition coefficient (Wildman–Crippen LogP) is 1.99. The van der Waals surface area contributed by atoms with E-state index < -0.39 is 8.32 Å². The largest absolute Gasteiger partial charge is 0.393 e. The highest BCUT2D eigenvalue weighted by Gasteiger charge is 2.26. The van der Waals surface area contributed by atoms with Crippen LogP contribution in [-0.2, 0) is 13.9 Å². The SMILES string of the molecule is CCC(OCC1CO1)O[Si](C)(C)C. The monoisotopic (exact) mass is 204 g/mol. The molecule has 0 aromatic heterocycles. The van der Waals surface area contributed by atoms with E-state index in [0.29, 0.717) is 12.7 Å². The fraction of sp³-hybridized carbons (Fsp3) is 1.00. The molecule has 2 atom stereocenters. The van der Waals surface area contributed by atoms with Crippen LogP contribution in [0, 0.1) is 0 Å². The highest BCUT2D eigenvalue weighted by Crippen LogP contribution is 2.14. The van der Waals surface area contributed by atoms with E-state index in [-0.39, 0.29) is 6.29 Å². The molecule has 3 nitrogen and oxygen atoms in total. The quantitative estimate of drug-likeness (QED) is 0.376. The summed E-state index contributed by atoms with van der Waals surface area (Å²) in [5, 5.41) is 0. The summed E-state index contributed by atoms with van der Waals surface area (Å²) in [5.74, 6) is 0. The molecule has 0 N–H and O–H groups in total. The average Bonchev–Trinajstić information content (AvgIpc) is 2.78. The van der Waals surface area contributed by atoms with E-state index in [9.17, 15) is 0 Å². The molecular weight excluding hydrogens is 184 g/mol. The molecule has 1 aliphatic rings. The molecule has 0 saturated carbocycles. The second-order valence-electron chi connectivity index (χ2n) is 4.36. The molecule has 1 fully saturated rings. The number of epoxide rings is 1. The number of rotatable bonds is 6. The normalized spacial score (nSPS) is 24.5. The molecule has 0 bridgehead atoms. The van der Waals surface area contributed by atoms with Gasteiger partial charge >= 0.3 is 0 Å². The molecule has 0 amide bonds. The van der Waals surface area contributed by atoms with Gasteiger partial charge < -0.3 is 13.9 Å². The Balaban J connectivity index is 2.16. The second kappa shape index (κ2) is 4.55. The van der Waals surface area contributed by atoms with Gasteiger partial charge in [0.15, 0.2) is 8.32 Å². The van der Waals surface area contributed by atoms with Crippen LogP contribution in [0.4, 0.5) is 0 Å². The summed E-state index contributed by atoms with van der Waals surface area (Å²) in [6.45, 7) is 10.1. The minimum Gasteiger partial charge on any atom is -0.393 e. The maximum atomic E-state index is 5.83. The van der Waals surface area contributed by atoms with Crippen molar-refractivity contribution in [3.63, 3.8) is 0 Å². The molecule has 1 rings (SSSR count). The minimum absolute atomic E-state index is 0.0316. The molecule has 2 unspecified atom stereocenters. The molecule has 0 radical (unpaired) electrons. The lowest BCUT2D eigenvalue weighted by atomic mass is 10.4. The lowest BCUT2D eigenvalue weighted by Gasteiger charge is -2.25. The fourth-order valence-corrected chi connectivity index (χ4v) is 2.03. The summed E-state index contributed by atoms with van der Waals surface area (Å²) >= 11 is 0. The number of hydrogen-bond acceptors (Lipinski definition) is 3. The first-order valence-corrected chi connectivity index (χ1v) is 8.33. The van der Waals surface area contributed by atoms with Crippen LogP contribution in [0.2, 0.25) is 19.6 Å². The van der Waals surface area contributed by atoms with Gasteiger partial charge in [0.05, 0.1) is 13.2 Å². The molecule has 13 heavy (non-hydrogen) atoms. The van der Waals surface area contributed by atoms with Crippen molar-refractivity contribution in [1.29, 1.82) is 0 Å². The number of ether oxygens (including phenoxy) is 2. The summed E-state index contributed by atoms with van der Waals surface area (Å²) < 4.78 is 16.5. The highest BCUT2D eigenvalue weighted by molar-refractivity contribution is 6.69. The third-order valence-corrected chi connectivity index (χ3v) is 2.66. The Hall–Kier alpha value is 0.0969. The molecule has 1 heterocycles. The van der Waals surface area contributed by atoms with Gasteiger partial charge in [0.1, 0.15) is 12.4 Å². The summed E-state index contributed by atoms with van der Waals surface area (Å²) in [4.78, 5) is 0. The first kappa shape index (κ1) is 11.2. The lowest BCUT2D eigenvalue weighted by molar-refractivity contribution is -0.0907. The third-order valence-electron chi connectivity index (χ3n) is 1.69. The van der Waals surface area contributed by atoms with E-state index in [4.69, 9.17) is 13.9 Å². The fourth-order valence-electron chi connectivity index (χ4n) is 1.01. The van der Waals surface area contributed by atoms with E-state index in [2.05, 4.69) is 26.6 Å². The summed E-state index contributed by atoms with van der Waals surface area (Å²) in [6.07, 6.45) is 1.21. The van der Waals surface area contributed by atoms with Crippen LogP contribution in [0.25, 0.3) is 0 Å². The van der Waals surface area contributed by atoms with Crippen molar-refractivity contribution in [2.45, 2.75) is 45.4 Å². The smallest absolute Gasteiger partial charge is 0.187 e. The third kappa shape index (κ3) is 5.41. The van der Waals surface area contributed by atoms with Crippen LogP contribution in [0.15, 0.2) is 0 Å². The molecule has 0 aliphatic carbocycles. The van der Waals surface area contributed by atoms with E-state index >= 15 is 0 Å². The molecule has 78 valence electrons. The van der Waals surface area contributed by atoms with E-state index in [1.165, 1.54) is 0 Å². The van der Waals surface area contributed by atoms with Crippen LogP contribution in [0.1, 0.15) is 13.3 Å². The van der Waals surface area contributed by atoms with Crippen molar-refractivity contribution in [3.05, 3.63) is 0 Å². The zero-order chi connectivity index (χ0) is 9.90. The van der Waals surface area contributed by atoms with Gasteiger partial charge in [-0.1, -0.05) is 6.92 Å². The Morgan fingerprint density at radius 1 is 1.46 bits per heavy atom. The Morgan fingerprint density at radius 3 is 2.46 bits per heavy atom. The van der Waals surface area contributed by atoms with Crippen molar-refractivity contribution in [1.82, 2.24) is 0 Å². The Bertz CT molecular complexity index is 151. The molecule has 1 aliphatic heterocycles. The number of hydrogen-bond donors (Lipinski definition) is 0. The highest BCUT2D eigenvalue weighted by atomic mass is 28.4. The summed E-state index contributed by atoms with van der Waals surface area (Å²) in [6, 6.07) is 0. The van der Waals surface area contributed by atoms with Crippen LogP contribution >= 0.6 is 0 Å². The first-order chi connectivity index (χ1) is 6.01. The van der Waals surface area contributed by atoms with Crippen LogP contribution < -0.4 is 0 Å². The maximum absolute atomic E-state index is 5.83. The van der Waals surface area contributed by atoms with Gasteiger partial charge in [0, 0.05) is 0 Å². The minimum atomic E-state index is -1.46. The molecule has 4 heteroatoms. The van der Waals surface area contributed by atoms with Gasteiger partial charge in [-0.25, -0.2) is 0 Å². The lowest BCUT2D eigenvalue weighted by Crippen LogP contribution is -2.33. The average molecular weight is 204 g/mol. The Labute approximate surface area is 81.5 Å². The zero-order valence-corrected chi connectivity index (χ0v) is 10.0. The van der Waals surface area contributed by atoms with Crippen molar-refractivity contribution >= 4 is 8.32 Å². The maximum Gasteiger partial charge on any atom is 0.187 e. The Kier molecular flexibility index (Phi) is 3.91. The van der Waals surface area contributed by atoms with Gasteiger partial charge in [-0.2, -0.15) is 0 Å². The standard InChI is InChI=1S/C9H20O3Si/c1-5-9(12-13(2,3)4)11-7-8-6-10-8/h8-9H,5-7H2,1-4H3. The first-order valence-electron chi connectivity index (χ1n) is 4.92. The summed E-state index contributed by atoms with van der Waals surface area (Å²) in [5.41, 5.74) is 0. The van der Waals surface area contributed by atoms with Crippen LogP contribution in [0.5, 0.6) is 0 Å². The molecule has 1 saturated heterocycles. The Morgan fingerprint density at radius 2 is 2.08 bits per heavy atom. The molecular formula is C9H20O3Si. The predicted molar refractivity (Wildman–Crippen MR) is 54.2 cm³/mol. The van der Waals surface area contributed by atoms with Gasteiger partial charge in [-0.15, -0.1) is 0 Å². The van der Waals surface area contributed by atoms with Crippen molar-refractivity contribution in [2.75, 3.05) is 13.2 Å². The molecule has 0 aromatic carbocycles. The van der Waals surface area contributed by atoms with Crippen molar-refractivity contribution < 1.29 is 13.9 Å². The van der Waals surface area contributed by atoms with E-state index in [1.807, 2.05) is 0 Å². The molecule has 0 spiro atoms. The second-order valence-corrected chi connectivity index (χ2v) is 8.82. The zero-order valence-electron chi connectivity index (χ0n) is 9.00. The van der Waals surface area contributed by atoms with E-state index in [0.717, 1.165) is 13.0 Å². The van der Waals surface area contributed by atoms with Gasteiger partial charge in [-0.05, 0) is 26.1 Å². The van der Waals surface area contributed by atoms with Gasteiger partial charge in [0.2, 0.25) is 0 Å². The molecule has 0 aromatic rings. The van der Waals surface area contributed by atoms with Crippen molar-refractivity contribution in [3.8, 4) is 0 Å². The van der Waals surface area contributed by atoms with Gasteiger partial charge in [-0.3, -0.25) is 0 Å². The topological polar surface area (TPSA) is 31.0 Å². The van der Waals surface area contributed by atoms with Gasteiger partial charge in [0.25, 0.3) is 0 Å². The van der Waals surface area contributed by atoms with E-state index in [1.54, 1.807) is 0 Å². The van der Waals surface area contributed by atoms with Crippen molar-refractivity contribution in [2.24, 2.45) is 0 Å². The summed E-state index contributed by atoms with van der Waals surface area (Å²) in [7, 11) is -1.46.